The van der Waals surface area contributed by atoms with E-state index in [4.69, 9.17) is 0 Å². The lowest BCUT2D eigenvalue weighted by molar-refractivity contribution is -0.120. The summed E-state index contributed by atoms with van der Waals surface area (Å²) in [5, 5.41) is 12.3. The average molecular weight is 311 g/mol. The maximum atomic E-state index is 12.2. The van der Waals surface area contributed by atoms with Gasteiger partial charge in [-0.3, -0.25) is 4.79 Å². The quantitative estimate of drug-likeness (QED) is 0.825. The number of hydrogen-bond donors (Lipinski definition) is 2. The third-order valence-electron chi connectivity index (χ3n) is 4.15. The third kappa shape index (κ3) is 5.22. The zero-order valence-corrected chi connectivity index (χ0v) is 13.9. The Morgan fingerprint density at radius 2 is 1.87 bits per heavy atom. The molecule has 2 aromatic carbocycles. The van der Waals surface area contributed by atoms with Crippen LogP contribution in [-0.2, 0) is 11.2 Å². The number of benzene rings is 2. The maximum absolute atomic E-state index is 12.2. The number of nitrogens with one attached hydrogen (secondary N) is 1. The molecule has 2 rings (SSSR count). The molecule has 0 aromatic heterocycles. The Labute approximate surface area is 138 Å². The zero-order chi connectivity index (χ0) is 16.7. The molecular formula is C20H25NO2. The summed E-state index contributed by atoms with van der Waals surface area (Å²) in [6.07, 6.45) is 1.04. The number of aliphatic hydroxyl groups is 1. The Hall–Kier alpha value is -2.13. The molecule has 2 aromatic rings. The van der Waals surface area contributed by atoms with E-state index in [-0.39, 0.29) is 18.4 Å². The van der Waals surface area contributed by atoms with E-state index in [9.17, 15) is 9.90 Å². The van der Waals surface area contributed by atoms with Gasteiger partial charge in [-0.05, 0) is 37.0 Å². The Morgan fingerprint density at radius 3 is 2.57 bits per heavy atom. The number of carbonyl (C=O) groups excluding carboxylic acids is 1. The number of aliphatic hydroxyl groups excluding tert-OH is 1. The lowest BCUT2D eigenvalue weighted by Crippen LogP contribution is -2.30. The van der Waals surface area contributed by atoms with Crippen molar-refractivity contribution in [2.45, 2.75) is 32.6 Å². The SMILES string of the molecule is Cc1ccc(C)c(CC(=O)NCC(CCO)c2ccccc2)c1. The summed E-state index contributed by atoms with van der Waals surface area (Å²) < 4.78 is 0. The molecule has 0 aliphatic rings. The van der Waals surface area contributed by atoms with Crippen LogP contribution in [0.25, 0.3) is 0 Å². The fourth-order valence-corrected chi connectivity index (χ4v) is 2.73. The van der Waals surface area contributed by atoms with Gasteiger partial charge in [-0.2, -0.15) is 0 Å². The first-order chi connectivity index (χ1) is 11.1. The van der Waals surface area contributed by atoms with Crippen molar-refractivity contribution in [2.75, 3.05) is 13.2 Å². The van der Waals surface area contributed by atoms with Gasteiger partial charge in [0.2, 0.25) is 5.91 Å². The van der Waals surface area contributed by atoms with E-state index >= 15 is 0 Å². The van der Waals surface area contributed by atoms with Gasteiger partial charge in [0, 0.05) is 19.1 Å². The second-order valence-electron chi connectivity index (χ2n) is 6.03. The molecule has 0 aliphatic carbocycles. The molecule has 0 aliphatic heterocycles. The second-order valence-corrected chi connectivity index (χ2v) is 6.03. The monoisotopic (exact) mass is 311 g/mol. The summed E-state index contributed by atoms with van der Waals surface area (Å²) in [6, 6.07) is 16.2. The molecule has 3 nitrogen and oxygen atoms in total. The van der Waals surface area contributed by atoms with Crippen LogP contribution in [0.4, 0.5) is 0 Å². The Morgan fingerprint density at radius 1 is 1.13 bits per heavy atom. The minimum atomic E-state index is 0.0255. The first-order valence-electron chi connectivity index (χ1n) is 8.08. The van der Waals surface area contributed by atoms with Crippen LogP contribution in [0.1, 0.15) is 34.6 Å². The molecule has 0 saturated carbocycles. The first-order valence-corrected chi connectivity index (χ1v) is 8.08. The van der Waals surface area contributed by atoms with Crippen molar-refractivity contribution >= 4 is 5.91 Å². The smallest absolute Gasteiger partial charge is 0.224 e. The molecule has 0 spiro atoms. The summed E-state index contributed by atoms with van der Waals surface area (Å²) in [6.45, 7) is 4.73. The highest BCUT2D eigenvalue weighted by Crippen LogP contribution is 2.18. The number of carbonyl (C=O) groups is 1. The van der Waals surface area contributed by atoms with E-state index in [1.807, 2.05) is 44.2 Å². The maximum Gasteiger partial charge on any atom is 0.224 e. The van der Waals surface area contributed by atoms with Crippen molar-refractivity contribution in [3.63, 3.8) is 0 Å². The van der Waals surface area contributed by atoms with Crippen molar-refractivity contribution in [1.82, 2.24) is 5.32 Å². The second kappa shape index (κ2) is 8.49. The van der Waals surface area contributed by atoms with Crippen LogP contribution in [0.5, 0.6) is 0 Å². The van der Waals surface area contributed by atoms with Gasteiger partial charge < -0.3 is 10.4 Å². The van der Waals surface area contributed by atoms with E-state index in [1.165, 1.54) is 5.56 Å². The summed E-state index contributed by atoms with van der Waals surface area (Å²) in [5.74, 6) is 0.168. The highest BCUT2D eigenvalue weighted by atomic mass is 16.3. The molecule has 0 saturated heterocycles. The zero-order valence-electron chi connectivity index (χ0n) is 13.9. The molecule has 0 bridgehead atoms. The number of aryl methyl sites for hydroxylation is 2. The summed E-state index contributed by atoms with van der Waals surface area (Å²) in [7, 11) is 0. The minimum Gasteiger partial charge on any atom is -0.396 e. The van der Waals surface area contributed by atoms with Gasteiger partial charge in [-0.15, -0.1) is 0 Å². The molecular weight excluding hydrogens is 286 g/mol. The molecule has 0 fully saturated rings. The summed E-state index contributed by atoms with van der Waals surface area (Å²) in [5.41, 5.74) is 4.52. The van der Waals surface area contributed by atoms with Crippen molar-refractivity contribution in [2.24, 2.45) is 0 Å². The standard InChI is InChI=1S/C20H25NO2/c1-15-8-9-16(2)19(12-15)13-20(23)21-14-18(10-11-22)17-6-4-3-5-7-17/h3-9,12,18,22H,10-11,13-14H2,1-2H3,(H,21,23). The predicted molar refractivity (Wildman–Crippen MR) is 93.5 cm³/mol. The van der Waals surface area contributed by atoms with Gasteiger partial charge in [-0.25, -0.2) is 0 Å². The van der Waals surface area contributed by atoms with E-state index in [0.717, 1.165) is 16.7 Å². The van der Waals surface area contributed by atoms with E-state index < -0.39 is 0 Å². The molecule has 23 heavy (non-hydrogen) atoms. The largest absolute Gasteiger partial charge is 0.396 e. The van der Waals surface area contributed by atoms with Gasteiger partial charge in [0.25, 0.3) is 0 Å². The van der Waals surface area contributed by atoms with Crippen molar-refractivity contribution in [3.05, 3.63) is 70.8 Å². The van der Waals surface area contributed by atoms with E-state index in [2.05, 4.69) is 23.5 Å². The molecule has 1 atom stereocenters. The van der Waals surface area contributed by atoms with Crippen LogP contribution in [0.3, 0.4) is 0 Å². The van der Waals surface area contributed by atoms with Gasteiger partial charge >= 0.3 is 0 Å². The van der Waals surface area contributed by atoms with Crippen LogP contribution < -0.4 is 5.32 Å². The lowest BCUT2D eigenvalue weighted by Gasteiger charge is -2.17. The molecule has 3 heteroatoms. The summed E-state index contributed by atoms with van der Waals surface area (Å²) in [4.78, 5) is 12.2. The minimum absolute atomic E-state index is 0.0255. The van der Waals surface area contributed by atoms with Crippen LogP contribution in [0.2, 0.25) is 0 Å². The average Bonchev–Trinajstić information content (AvgIpc) is 2.55. The topological polar surface area (TPSA) is 49.3 Å². The highest BCUT2D eigenvalue weighted by molar-refractivity contribution is 5.79. The van der Waals surface area contributed by atoms with Gasteiger partial charge in [-0.1, -0.05) is 54.1 Å². The molecule has 0 radical (unpaired) electrons. The lowest BCUT2D eigenvalue weighted by atomic mass is 9.96. The van der Waals surface area contributed by atoms with Crippen LogP contribution in [0.15, 0.2) is 48.5 Å². The molecule has 0 heterocycles. The van der Waals surface area contributed by atoms with E-state index in [1.54, 1.807) is 0 Å². The van der Waals surface area contributed by atoms with Crippen molar-refractivity contribution < 1.29 is 9.90 Å². The van der Waals surface area contributed by atoms with Gasteiger partial charge in [0.1, 0.15) is 0 Å². The van der Waals surface area contributed by atoms with Crippen molar-refractivity contribution in [1.29, 1.82) is 0 Å². The molecule has 1 unspecified atom stereocenters. The van der Waals surface area contributed by atoms with Crippen LogP contribution in [0, 0.1) is 13.8 Å². The highest BCUT2D eigenvalue weighted by Gasteiger charge is 2.13. The van der Waals surface area contributed by atoms with Gasteiger partial charge in [0.05, 0.1) is 6.42 Å². The third-order valence-corrected chi connectivity index (χ3v) is 4.15. The summed E-state index contributed by atoms with van der Waals surface area (Å²) >= 11 is 0. The first kappa shape index (κ1) is 17.2. The Balaban J connectivity index is 1.95. The number of amides is 1. The number of rotatable bonds is 7. The molecule has 122 valence electrons. The fourth-order valence-electron chi connectivity index (χ4n) is 2.73. The molecule has 2 N–H and O–H groups in total. The predicted octanol–water partition coefficient (Wildman–Crippen LogP) is 3.13. The Bertz CT molecular complexity index is 637. The fraction of sp³-hybridized carbons (Fsp3) is 0.350. The van der Waals surface area contributed by atoms with Crippen LogP contribution >= 0.6 is 0 Å². The van der Waals surface area contributed by atoms with Crippen molar-refractivity contribution in [3.8, 4) is 0 Å². The number of hydrogen-bond acceptors (Lipinski definition) is 2. The van der Waals surface area contributed by atoms with Gasteiger partial charge in [0.15, 0.2) is 0 Å². The molecule has 1 amide bonds. The van der Waals surface area contributed by atoms with E-state index in [0.29, 0.717) is 19.4 Å². The van der Waals surface area contributed by atoms with Crippen LogP contribution in [-0.4, -0.2) is 24.2 Å². The normalized spacial score (nSPS) is 12.0. The Kier molecular flexibility index (Phi) is 6.36.